The second-order valence-electron chi connectivity index (χ2n) is 2.71. The third-order valence-electron chi connectivity index (χ3n) is 1.89. The molecule has 0 aliphatic carbocycles. The van der Waals surface area contributed by atoms with Gasteiger partial charge in [-0.05, 0) is 18.4 Å². The first kappa shape index (κ1) is 8.59. The van der Waals surface area contributed by atoms with Crippen LogP contribution in [0, 0.1) is 6.92 Å². The Morgan fingerprint density at radius 3 is 2.85 bits per heavy atom. The molecule has 0 aliphatic heterocycles. The zero-order valence-corrected chi connectivity index (χ0v) is 8.54. The molecule has 3 N–H and O–H groups in total. The summed E-state index contributed by atoms with van der Waals surface area (Å²) in [6, 6.07) is 1.86. The number of nitrogens with one attached hydrogen (secondary N) is 1. The average molecular weight is 214 g/mol. The molecule has 0 spiro atoms. The molecule has 0 bridgehead atoms. The predicted octanol–water partition coefficient (Wildman–Crippen LogP) is 2.68. The van der Waals surface area contributed by atoms with Crippen molar-refractivity contribution in [3.63, 3.8) is 0 Å². The van der Waals surface area contributed by atoms with E-state index in [0.717, 1.165) is 21.2 Å². The Morgan fingerprint density at radius 2 is 2.38 bits per heavy atom. The first-order valence-electron chi connectivity index (χ1n) is 3.74. The van der Waals surface area contributed by atoms with Crippen LogP contribution in [0.1, 0.15) is 5.56 Å². The molecule has 0 radical (unpaired) electrons. The molecule has 2 aromatic rings. The van der Waals surface area contributed by atoms with E-state index in [0.29, 0.717) is 5.82 Å². The number of H-pyrrole nitrogens is 1. The average Bonchev–Trinajstić information content (AvgIpc) is 2.62. The molecule has 0 unspecified atom stereocenters. The number of rotatable bonds is 1. The van der Waals surface area contributed by atoms with Gasteiger partial charge in [-0.25, -0.2) is 0 Å². The monoisotopic (exact) mass is 213 g/mol. The summed E-state index contributed by atoms with van der Waals surface area (Å²) < 4.78 is 0. The van der Waals surface area contributed by atoms with Gasteiger partial charge in [-0.1, -0.05) is 11.6 Å². The number of hydrogen-bond acceptors (Lipinski definition) is 3. The van der Waals surface area contributed by atoms with E-state index in [-0.39, 0.29) is 0 Å². The van der Waals surface area contributed by atoms with Crippen LogP contribution < -0.4 is 5.73 Å². The third kappa shape index (κ3) is 1.32. The van der Waals surface area contributed by atoms with Gasteiger partial charge < -0.3 is 5.73 Å². The van der Waals surface area contributed by atoms with Crippen molar-refractivity contribution in [3.05, 3.63) is 22.0 Å². The molecule has 0 saturated heterocycles. The highest BCUT2D eigenvalue weighted by molar-refractivity contribution is 7.14. The number of nitrogen functional groups attached to an aromatic ring is 1. The Kier molecular flexibility index (Phi) is 2.01. The molecule has 0 saturated carbocycles. The standard InChI is InChI=1S/C8H8ClN3S/c1-4-6(11-12-8(4)10)7-5(9)2-3-13-7/h2-3H,1H3,(H3,10,11,12). The van der Waals surface area contributed by atoms with Crippen LogP contribution in [0.4, 0.5) is 5.82 Å². The molecular weight excluding hydrogens is 206 g/mol. The van der Waals surface area contributed by atoms with Crippen molar-refractivity contribution < 1.29 is 0 Å². The summed E-state index contributed by atoms with van der Waals surface area (Å²) in [4.78, 5) is 0.989. The van der Waals surface area contributed by atoms with E-state index in [4.69, 9.17) is 17.3 Å². The van der Waals surface area contributed by atoms with E-state index in [2.05, 4.69) is 10.2 Å². The van der Waals surface area contributed by atoms with E-state index in [1.807, 2.05) is 18.4 Å². The van der Waals surface area contributed by atoms with Crippen LogP contribution in [-0.2, 0) is 0 Å². The largest absolute Gasteiger partial charge is 0.382 e. The molecule has 68 valence electrons. The van der Waals surface area contributed by atoms with Gasteiger partial charge in [0.25, 0.3) is 0 Å². The smallest absolute Gasteiger partial charge is 0.148 e. The van der Waals surface area contributed by atoms with Gasteiger partial charge in [-0.2, -0.15) is 5.10 Å². The molecule has 0 aliphatic rings. The van der Waals surface area contributed by atoms with Crippen molar-refractivity contribution in [1.82, 2.24) is 10.2 Å². The summed E-state index contributed by atoms with van der Waals surface area (Å²) in [5.41, 5.74) is 7.48. The Labute approximate surface area is 84.5 Å². The molecule has 0 fully saturated rings. The summed E-state index contributed by atoms with van der Waals surface area (Å²) >= 11 is 7.55. The molecule has 3 nitrogen and oxygen atoms in total. The van der Waals surface area contributed by atoms with Crippen LogP contribution in [0.25, 0.3) is 10.6 Å². The molecule has 2 rings (SSSR count). The maximum Gasteiger partial charge on any atom is 0.148 e. The highest BCUT2D eigenvalue weighted by Crippen LogP contribution is 2.34. The van der Waals surface area contributed by atoms with Crippen molar-refractivity contribution in [2.45, 2.75) is 6.92 Å². The van der Waals surface area contributed by atoms with Gasteiger partial charge in [0, 0.05) is 5.56 Å². The van der Waals surface area contributed by atoms with Gasteiger partial charge in [0.1, 0.15) is 5.82 Å². The van der Waals surface area contributed by atoms with Crippen LogP contribution in [0.15, 0.2) is 11.4 Å². The van der Waals surface area contributed by atoms with E-state index in [9.17, 15) is 0 Å². The minimum Gasteiger partial charge on any atom is -0.382 e. The lowest BCUT2D eigenvalue weighted by atomic mass is 10.2. The molecule has 2 heterocycles. The maximum absolute atomic E-state index is 5.98. The second-order valence-corrected chi connectivity index (χ2v) is 4.03. The summed E-state index contributed by atoms with van der Waals surface area (Å²) in [6.45, 7) is 1.92. The van der Waals surface area contributed by atoms with Crippen LogP contribution in [-0.4, -0.2) is 10.2 Å². The molecule has 2 aromatic heterocycles. The lowest BCUT2D eigenvalue weighted by Crippen LogP contribution is -1.85. The van der Waals surface area contributed by atoms with E-state index >= 15 is 0 Å². The van der Waals surface area contributed by atoms with E-state index in [1.165, 1.54) is 0 Å². The Bertz CT molecular complexity index is 432. The number of aromatic nitrogens is 2. The third-order valence-corrected chi connectivity index (χ3v) is 3.25. The van der Waals surface area contributed by atoms with Crippen molar-refractivity contribution in [3.8, 4) is 10.6 Å². The zero-order valence-electron chi connectivity index (χ0n) is 6.97. The predicted molar refractivity (Wildman–Crippen MR) is 56.1 cm³/mol. The fourth-order valence-electron chi connectivity index (χ4n) is 1.11. The minimum atomic E-state index is 0.527. The van der Waals surface area contributed by atoms with Crippen LogP contribution >= 0.6 is 22.9 Å². The summed E-state index contributed by atoms with van der Waals surface area (Å²) in [6.07, 6.45) is 0. The lowest BCUT2D eigenvalue weighted by molar-refractivity contribution is 1.11. The minimum absolute atomic E-state index is 0.527. The second kappa shape index (κ2) is 3.05. The van der Waals surface area contributed by atoms with Crippen LogP contribution in [0.2, 0.25) is 5.02 Å². The summed E-state index contributed by atoms with van der Waals surface area (Å²) in [5, 5.41) is 9.45. The maximum atomic E-state index is 5.98. The number of hydrogen-bond donors (Lipinski definition) is 2. The normalized spacial score (nSPS) is 10.6. The fraction of sp³-hybridized carbons (Fsp3) is 0.125. The first-order chi connectivity index (χ1) is 6.20. The van der Waals surface area contributed by atoms with Gasteiger partial charge in [-0.3, -0.25) is 5.10 Å². The molecule has 5 heteroatoms. The molecule has 0 aromatic carbocycles. The summed E-state index contributed by atoms with van der Waals surface area (Å²) in [7, 11) is 0. The van der Waals surface area contributed by atoms with Crippen LogP contribution in [0.3, 0.4) is 0 Å². The first-order valence-corrected chi connectivity index (χ1v) is 4.99. The Morgan fingerprint density at radius 1 is 1.62 bits per heavy atom. The van der Waals surface area contributed by atoms with Gasteiger partial charge in [0.2, 0.25) is 0 Å². The van der Waals surface area contributed by atoms with Gasteiger partial charge in [0.05, 0.1) is 15.6 Å². The molecule has 0 amide bonds. The van der Waals surface area contributed by atoms with E-state index < -0.39 is 0 Å². The SMILES string of the molecule is Cc1c(N)n[nH]c1-c1sccc1Cl. The lowest BCUT2D eigenvalue weighted by Gasteiger charge is -1.95. The number of aromatic amines is 1. The number of halogens is 1. The number of thiophene rings is 1. The van der Waals surface area contributed by atoms with Crippen molar-refractivity contribution in [2.75, 3.05) is 5.73 Å². The van der Waals surface area contributed by atoms with Crippen LogP contribution in [0.5, 0.6) is 0 Å². The molecule has 0 atom stereocenters. The number of nitrogens with zero attached hydrogens (tertiary/aromatic N) is 1. The fourth-order valence-corrected chi connectivity index (χ4v) is 2.31. The quantitative estimate of drug-likeness (QED) is 0.765. The van der Waals surface area contributed by atoms with Gasteiger partial charge >= 0.3 is 0 Å². The van der Waals surface area contributed by atoms with E-state index in [1.54, 1.807) is 11.3 Å². The van der Waals surface area contributed by atoms with Crippen molar-refractivity contribution in [1.29, 1.82) is 0 Å². The van der Waals surface area contributed by atoms with Crippen molar-refractivity contribution in [2.24, 2.45) is 0 Å². The van der Waals surface area contributed by atoms with Crippen molar-refractivity contribution >= 4 is 28.8 Å². The highest BCUT2D eigenvalue weighted by atomic mass is 35.5. The molecular formula is C8H8ClN3S. The highest BCUT2D eigenvalue weighted by Gasteiger charge is 2.12. The molecule has 13 heavy (non-hydrogen) atoms. The summed E-state index contributed by atoms with van der Waals surface area (Å²) in [5.74, 6) is 0.527. The zero-order chi connectivity index (χ0) is 9.42. The van der Waals surface area contributed by atoms with Gasteiger partial charge in [-0.15, -0.1) is 11.3 Å². The Hall–Kier alpha value is -1.00. The topological polar surface area (TPSA) is 54.7 Å². The Balaban J connectivity index is 2.59. The number of nitrogens with two attached hydrogens (primary N) is 1. The number of anilines is 1. The van der Waals surface area contributed by atoms with Gasteiger partial charge in [0.15, 0.2) is 0 Å².